The Morgan fingerprint density at radius 3 is 2.12 bits per heavy atom. The van der Waals surface area contributed by atoms with Gasteiger partial charge in [-0.1, -0.05) is 23.7 Å². The summed E-state index contributed by atoms with van der Waals surface area (Å²) >= 11 is 5.85. The van der Waals surface area contributed by atoms with Crippen LogP contribution in [0, 0.1) is 5.82 Å². The Balaban J connectivity index is 2.22. The Morgan fingerprint density at radius 1 is 1.08 bits per heavy atom. The van der Waals surface area contributed by atoms with Crippen LogP contribution in [0.4, 0.5) is 10.1 Å². The van der Waals surface area contributed by atoms with Crippen molar-refractivity contribution in [2.75, 3.05) is 10.6 Å². The van der Waals surface area contributed by atoms with Gasteiger partial charge in [0.25, 0.3) is 0 Å². The summed E-state index contributed by atoms with van der Waals surface area (Å²) in [6, 6.07) is 10.5. The summed E-state index contributed by atoms with van der Waals surface area (Å²) in [5.41, 5.74) is 1.05. The second-order valence-corrected chi connectivity index (χ2v) is 8.29. The van der Waals surface area contributed by atoms with E-state index >= 15 is 0 Å². The third-order valence-corrected chi connectivity index (χ3v) is 5.39. The minimum Gasteiger partial charge on any atom is -0.348 e. The van der Waals surface area contributed by atoms with Gasteiger partial charge in [-0.3, -0.25) is 9.10 Å². The van der Waals surface area contributed by atoms with Gasteiger partial charge in [0.2, 0.25) is 15.9 Å². The van der Waals surface area contributed by atoms with Gasteiger partial charge in [-0.05, 0) is 55.8 Å². The van der Waals surface area contributed by atoms with Gasteiger partial charge in [0, 0.05) is 5.02 Å². The molecule has 0 aliphatic heterocycles. The Bertz CT molecular complexity index is 870. The Kier molecular flexibility index (Phi) is 6.26. The van der Waals surface area contributed by atoms with Gasteiger partial charge in [-0.15, -0.1) is 0 Å². The summed E-state index contributed by atoms with van der Waals surface area (Å²) in [6.45, 7) is 3.24. The number of amides is 1. The lowest BCUT2D eigenvalue weighted by Crippen LogP contribution is -2.48. The van der Waals surface area contributed by atoms with Crippen molar-refractivity contribution in [3.8, 4) is 0 Å². The zero-order chi connectivity index (χ0) is 19.5. The van der Waals surface area contributed by atoms with Crippen molar-refractivity contribution in [2.45, 2.75) is 25.9 Å². The average molecular weight is 399 g/mol. The van der Waals surface area contributed by atoms with E-state index in [1.807, 2.05) is 0 Å². The molecule has 0 aliphatic carbocycles. The minimum atomic E-state index is -3.70. The lowest BCUT2D eigenvalue weighted by Gasteiger charge is -2.29. The van der Waals surface area contributed by atoms with Crippen LogP contribution in [-0.2, 0) is 14.8 Å². The predicted molar refractivity (Wildman–Crippen MR) is 101 cm³/mol. The van der Waals surface area contributed by atoms with Crippen LogP contribution in [0.25, 0.3) is 0 Å². The average Bonchev–Trinajstić information content (AvgIpc) is 2.56. The summed E-state index contributed by atoms with van der Waals surface area (Å²) in [6.07, 6.45) is 1.04. The number of hydrogen-bond donors (Lipinski definition) is 1. The smallest absolute Gasteiger partial charge is 0.244 e. The molecule has 0 saturated heterocycles. The first-order chi connectivity index (χ1) is 12.1. The lowest BCUT2D eigenvalue weighted by atomic mass is 10.1. The van der Waals surface area contributed by atoms with E-state index in [1.165, 1.54) is 31.2 Å². The number of nitrogens with zero attached hydrogens (tertiary/aromatic N) is 1. The van der Waals surface area contributed by atoms with E-state index in [0.717, 1.165) is 10.6 Å². The molecule has 0 fully saturated rings. The second-order valence-electron chi connectivity index (χ2n) is 5.99. The predicted octanol–water partition coefficient (Wildman–Crippen LogP) is 3.51. The van der Waals surface area contributed by atoms with Gasteiger partial charge in [-0.25, -0.2) is 12.8 Å². The van der Waals surface area contributed by atoms with E-state index in [4.69, 9.17) is 11.6 Å². The third kappa shape index (κ3) is 4.95. The summed E-state index contributed by atoms with van der Waals surface area (Å²) in [7, 11) is -3.70. The molecule has 1 N–H and O–H groups in total. The van der Waals surface area contributed by atoms with Gasteiger partial charge in [0.05, 0.1) is 18.0 Å². The number of carbonyl (C=O) groups excluding carboxylic acids is 1. The maximum absolute atomic E-state index is 13.0. The Morgan fingerprint density at radius 2 is 1.62 bits per heavy atom. The summed E-state index contributed by atoms with van der Waals surface area (Å²) in [4.78, 5) is 12.6. The van der Waals surface area contributed by atoms with Crippen molar-refractivity contribution in [3.63, 3.8) is 0 Å². The van der Waals surface area contributed by atoms with Crippen molar-refractivity contribution in [1.29, 1.82) is 0 Å². The number of rotatable bonds is 6. The van der Waals surface area contributed by atoms with Crippen LogP contribution < -0.4 is 9.62 Å². The first-order valence-electron chi connectivity index (χ1n) is 7.90. The third-order valence-electron chi connectivity index (χ3n) is 3.90. The molecule has 1 amide bonds. The molecule has 0 heterocycles. The molecule has 0 radical (unpaired) electrons. The minimum absolute atomic E-state index is 0.342. The molecule has 0 aliphatic rings. The molecule has 5 nitrogen and oxygen atoms in total. The fraction of sp³-hybridized carbons (Fsp3) is 0.278. The van der Waals surface area contributed by atoms with E-state index in [0.29, 0.717) is 16.3 Å². The van der Waals surface area contributed by atoms with Gasteiger partial charge in [0.1, 0.15) is 11.9 Å². The van der Waals surface area contributed by atoms with Gasteiger partial charge in [-0.2, -0.15) is 0 Å². The van der Waals surface area contributed by atoms with E-state index in [9.17, 15) is 17.6 Å². The van der Waals surface area contributed by atoms with Crippen molar-refractivity contribution < 1.29 is 17.6 Å². The molecule has 140 valence electrons. The topological polar surface area (TPSA) is 66.5 Å². The molecule has 2 rings (SSSR count). The highest BCUT2D eigenvalue weighted by atomic mass is 35.5. The van der Waals surface area contributed by atoms with Crippen LogP contribution in [0.2, 0.25) is 5.02 Å². The van der Waals surface area contributed by atoms with E-state index < -0.39 is 28.0 Å². The normalized spacial score (nSPS) is 13.7. The fourth-order valence-corrected chi connectivity index (χ4v) is 3.87. The number of hydrogen-bond acceptors (Lipinski definition) is 3. The van der Waals surface area contributed by atoms with Crippen LogP contribution in [-0.4, -0.2) is 26.6 Å². The standard InChI is InChI=1S/C18H20ClFN2O3S/c1-12(14-4-8-16(20)9-5-14)21-18(23)13(2)22(26(3,24)25)17-10-6-15(19)7-11-17/h4-13H,1-3H3,(H,21,23)/t12-,13-/m1/s1. The molecule has 0 bridgehead atoms. The molecule has 0 unspecified atom stereocenters. The van der Waals surface area contributed by atoms with Crippen molar-refractivity contribution >= 4 is 33.2 Å². The molecule has 2 aromatic rings. The number of carbonyl (C=O) groups is 1. The van der Waals surface area contributed by atoms with Crippen LogP contribution in [0.3, 0.4) is 0 Å². The first kappa shape index (κ1) is 20.2. The number of nitrogens with one attached hydrogen (secondary N) is 1. The van der Waals surface area contributed by atoms with Crippen molar-refractivity contribution in [2.24, 2.45) is 0 Å². The largest absolute Gasteiger partial charge is 0.348 e. The molecule has 0 aromatic heterocycles. The maximum Gasteiger partial charge on any atom is 0.244 e. The number of anilines is 1. The Labute approximate surface area is 157 Å². The molecule has 0 spiro atoms. The number of halogens is 2. The van der Waals surface area contributed by atoms with Crippen LogP contribution >= 0.6 is 11.6 Å². The maximum atomic E-state index is 13.0. The van der Waals surface area contributed by atoms with E-state index in [-0.39, 0.29) is 5.82 Å². The van der Waals surface area contributed by atoms with Gasteiger partial charge >= 0.3 is 0 Å². The first-order valence-corrected chi connectivity index (χ1v) is 10.1. The van der Waals surface area contributed by atoms with Crippen LogP contribution in [0.15, 0.2) is 48.5 Å². The van der Waals surface area contributed by atoms with E-state index in [1.54, 1.807) is 31.2 Å². The number of sulfonamides is 1. The van der Waals surface area contributed by atoms with Gasteiger partial charge in [0.15, 0.2) is 0 Å². The monoisotopic (exact) mass is 398 g/mol. The fourth-order valence-electron chi connectivity index (χ4n) is 2.57. The molecule has 2 aromatic carbocycles. The van der Waals surface area contributed by atoms with Gasteiger partial charge < -0.3 is 5.32 Å². The quantitative estimate of drug-likeness (QED) is 0.809. The summed E-state index contributed by atoms with van der Waals surface area (Å²) in [5, 5.41) is 3.22. The number of benzene rings is 2. The molecular formula is C18H20ClFN2O3S. The van der Waals surface area contributed by atoms with Crippen molar-refractivity contribution in [1.82, 2.24) is 5.32 Å². The lowest BCUT2D eigenvalue weighted by molar-refractivity contribution is -0.122. The highest BCUT2D eigenvalue weighted by Crippen LogP contribution is 2.23. The Hall–Kier alpha value is -2.12. The molecule has 2 atom stereocenters. The summed E-state index contributed by atoms with van der Waals surface area (Å²) < 4.78 is 38.5. The SMILES string of the molecule is C[C@H](C(=O)N[C@H](C)c1ccc(F)cc1)N(c1ccc(Cl)cc1)S(C)(=O)=O. The second kappa shape index (κ2) is 8.05. The highest BCUT2D eigenvalue weighted by molar-refractivity contribution is 7.92. The zero-order valence-corrected chi connectivity index (χ0v) is 16.2. The summed E-state index contributed by atoms with van der Waals surface area (Å²) in [5.74, 6) is -0.839. The van der Waals surface area contributed by atoms with Crippen LogP contribution in [0.5, 0.6) is 0 Å². The molecule has 26 heavy (non-hydrogen) atoms. The molecular weight excluding hydrogens is 379 g/mol. The highest BCUT2D eigenvalue weighted by Gasteiger charge is 2.29. The van der Waals surface area contributed by atoms with Crippen LogP contribution in [0.1, 0.15) is 25.5 Å². The molecule has 8 heteroatoms. The van der Waals surface area contributed by atoms with E-state index in [2.05, 4.69) is 5.32 Å². The van der Waals surface area contributed by atoms with Crippen molar-refractivity contribution in [3.05, 3.63) is 64.9 Å². The molecule has 0 saturated carbocycles. The zero-order valence-electron chi connectivity index (χ0n) is 14.6.